The van der Waals surface area contributed by atoms with E-state index in [4.69, 9.17) is 10.5 Å². The summed E-state index contributed by atoms with van der Waals surface area (Å²) in [5, 5.41) is 0. The van der Waals surface area contributed by atoms with Crippen molar-refractivity contribution in [2.75, 3.05) is 0 Å². The number of ether oxygens (including phenoxy) is 1. The minimum atomic E-state index is -0.761. The number of rotatable bonds is 4. The molecule has 0 aliphatic carbocycles. The van der Waals surface area contributed by atoms with Crippen LogP contribution in [0.3, 0.4) is 0 Å². The zero-order chi connectivity index (χ0) is 15.6. The molecular weight excluding hydrogens is 347 g/mol. The summed E-state index contributed by atoms with van der Waals surface area (Å²) >= 11 is 2.96. The van der Waals surface area contributed by atoms with Gasteiger partial charge in [-0.2, -0.15) is 0 Å². The number of halogens is 4. The van der Waals surface area contributed by atoms with E-state index < -0.39 is 24.1 Å². The second kappa shape index (κ2) is 6.49. The van der Waals surface area contributed by atoms with Gasteiger partial charge in [0.2, 0.25) is 0 Å². The third-order valence-electron chi connectivity index (χ3n) is 2.99. The highest BCUT2D eigenvalue weighted by Crippen LogP contribution is 2.25. The van der Waals surface area contributed by atoms with Crippen LogP contribution < -0.4 is 10.5 Å². The maximum absolute atomic E-state index is 13.8. The summed E-state index contributed by atoms with van der Waals surface area (Å²) in [4.78, 5) is 0. The van der Waals surface area contributed by atoms with Crippen molar-refractivity contribution in [3.63, 3.8) is 0 Å². The molecule has 0 fully saturated rings. The molecule has 1 atom stereocenters. The van der Waals surface area contributed by atoms with E-state index >= 15 is 0 Å². The quantitative estimate of drug-likeness (QED) is 0.817. The Bertz CT molecular complexity index is 662. The Morgan fingerprint density at radius 1 is 1.14 bits per heavy atom. The van der Waals surface area contributed by atoms with Crippen molar-refractivity contribution in [2.24, 2.45) is 5.73 Å². The van der Waals surface area contributed by atoms with E-state index in [0.717, 1.165) is 6.07 Å². The maximum Gasteiger partial charge on any atom is 0.165 e. The lowest BCUT2D eigenvalue weighted by Gasteiger charge is -2.12. The summed E-state index contributed by atoms with van der Waals surface area (Å²) in [6.45, 7) is 1.31. The Kier molecular flexibility index (Phi) is 4.90. The summed E-state index contributed by atoms with van der Waals surface area (Å²) in [7, 11) is 0. The second-order valence-electron chi connectivity index (χ2n) is 4.59. The predicted molar refractivity (Wildman–Crippen MR) is 77.4 cm³/mol. The molecule has 0 aromatic heterocycles. The lowest BCUT2D eigenvalue weighted by Crippen LogP contribution is -2.07. The van der Waals surface area contributed by atoms with Gasteiger partial charge in [0.05, 0.1) is 10.0 Å². The summed E-state index contributed by atoms with van der Waals surface area (Å²) in [5.74, 6) is -2.22. The summed E-state index contributed by atoms with van der Waals surface area (Å²) < 4.78 is 46.4. The van der Waals surface area contributed by atoms with Gasteiger partial charge >= 0.3 is 0 Å². The topological polar surface area (TPSA) is 35.2 Å². The van der Waals surface area contributed by atoms with E-state index in [0.29, 0.717) is 5.56 Å². The van der Waals surface area contributed by atoms with Crippen LogP contribution in [0.25, 0.3) is 0 Å². The molecule has 112 valence electrons. The van der Waals surface area contributed by atoms with Gasteiger partial charge in [-0.15, -0.1) is 0 Å². The molecule has 2 aromatic rings. The molecule has 2 nitrogen and oxygen atoms in total. The van der Waals surface area contributed by atoms with Crippen molar-refractivity contribution >= 4 is 15.9 Å². The molecule has 0 aliphatic rings. The van der Waals surface area contributed by atoms with E-state index in [-0.39, 0.29) is 21.8 Å². The number of hydrogen-bond acceptors (Lipinski definition) is 2. The zero-order valence-corrected chi connectivity index (χ0v) is 12.8. The van der Waals surface area contributed by atoms with Crippen molar-refractivity contribution in [2.45, 2.75) is 19.6 Å². The normalized spacial score (nSPS) is 12.3. The Labute approximate surface area is 128 Å². The smallest absolute Gasteiger partial charge is 0.165 e. The van der Waals surface area contributed by atoms with Crippen LogP contribution in [-0.2, 0) is 6.61 Å². The van der Waals surface area contributed by atoms with Crippen LogP contribution in [0.4, 0.5) is 13.2 Å². The Morgan fingerprint density at radius 2 is 1.86 bits per heavy atom. The molecule has 0 aliphatic heterocycles. The first-order chi connectivity index (χ1) is 9.90. The minimum absolute atomic E-state index is 0.0850. The van der Waals surface area contributed by atoms with Crippen molar-refractivity contribution in [1.29, 1.82) is 0 Å². The highest BCUT2D eigenvalue weighted by atomic mass is 79.9. The number of benzene rings is 2. The van der Waals surface area contributed by atoms with Crippen LogP contribution >= 0.6 is 15.9 Å². The molecule has 0 bridgehead atoms. The highest BCUT2D eigenvalue weighted by Gasteiger charge is 2.14. The molecule has 21 heavy (non-hydrogen) atoms. The van der Waals surface area contributed by atoms with Crippen LogP contribution in [0, 0.1) is 17.5 Å². The second-order valence-corrected chi connectivity index (χ2v) is 5.44. The largest absolute Gasteiger partial charge is 0.486 e. The molecular formula is C15H13BrF3NO. The first-order valence-electron chi connectivity index (χ1n) is 6.20. The maximum atomic E-state index is 13.8. The Balaban J connectivity index is 2.19. The van der Waals surface area contributed by atoms with Crippen molar-refractivity contribution in [3.05, 3.63) is 63.4 Å². The molecule has 0 heterocycles. The SMILES string of the molecule is CC(N)c1ccc(OCc2c(F)ccc(Br)c2F)c(F)c1. The Hall–Kier alpha value is -1.53. The molecule has 2 N–H and O–H groups in total. The van der Waals surface area contributed by atoms with E-state index in [2.05, 4.69) is 15.9 Å². The van der Waals surface area contributed by atoms with Crippen LogP contribution in [0.5, 0.6) is 5.75 Å². The molecule has 2 rings (SSSR count). The predicted octanol–water partition coefficient (Wildman–Crippen LogP) is 4.47. The van der Waals surface area contributed by atoms with Gasteiger partial charge in [0.1, 0.15) is 18.2 Å². The van der Waals surface area contributed by atoms with Gasteiger partial charge < -0.3 is 10.5 Å². The average molecular weight is 360 g/mol. The van der Waals surface area contributed by atoms with Gasteiger partial charge in [-0.3, -0.25) is 0 Å². The molecule has 1 unspecified atom stereocenters. The molecule has 0 amide bonds. The zero-order valence-electron chi connectivity index (χ0n) is 11.2. The highest BCUT2D eigenvalue weighted by molar-refractivity contribution is 9.10. The van der Waals surface area contributed by atoms with Crippen molar-refractivity contribution in [3.8, 4) is 5.75 Å². The van der Waals surface area contributed by atoms with Gasteiger partial charge in [0.25, 0.3) is 0 Å². The van der Waals surface area contributed by atoms with E-state index in [1.165, 1.54) is 18.2 Å². The monoisotopic (exact) mass is 359 g/mol. The van der Waals surface area contributed by atoms with Gasteiger partial charge in [-0.05, 0) is 52.7 Å². The average Bonchev–Trinajstić information content (AvgIpc) is 2.44. The summed E-state index contributed by atoms with van der Waals surface area (Å²) in [5.41, 5.74) is 5.99. The molecule has 0 radical (unpaired) electrons. The lowest BCUT2D eigenvalue weighted by atomic mass is 10.1. The fraction of sp³-hybridized carbons (Fsp3) is 0.200. The third-order valence-corrected chi connectivity index (χ3v) is 3.61. The first-order valence-corrected chi connectivity index (χ1v) is 6.99. The Morgan fingerprint density at radius 3 is 2.48 bits per heavy atom. The summed E-state index contributed by atoms with van der Waals surface area (Å²) in [6, 6.07) is 6.30. The van der Waals surface area contributed by atoms with Crippen LogP contribution in [-0.4, -0.2) is 0 Å². The minimum Gasteiger partial charge on any atom is -0.486 e. The summed E-state index contributed by atoms with van der Waals surface area (Å²) in [6.07, 6.45) is 0. The fourth-order valence-electron chi connectivity index (χ4n) is 1.77. The van der Waals surface area contributed by atoms with Crippen LogP contribution in [0.2, 0.25) is 0 Å². The van der Waals surface area contributed by atoms with Crippen LogP contribution in [0.1, 0.15) is 24.1 Å². The van der Waals surface area contributed by atoms with Crippen molar-refractivity contribution < 1.29 is 17.9 Å². The number of nitrogens with two attached hydrogens (primary N) is 1. The lowest BCUT2D eigenvalue weighted by molar-refractivity contribution is 0.278. The van der Waals surface area contributed by atoms with Gasteiger partial charge in [0, 0.05) is 6.04 Å². The van der Waals surface area contributed by atoms with Crippen LogP contribution in [0.15, 0.2) is 34.8 Å². The van der Waals surface area contributed by atoms with E-state index in [9.17, 15) is 13.2 Å². The molecule has 6 heteroatoms. The van der Waals surface area contributed by atoms with E-state index in [1.54, 1.807) is 13.0 Å². The third kappa shape index (κ3) is 3.57. The molecule has 0 saturated heterocycles. The van der Waals surface area contributed by atoms with E-state index in [1.807, 2.05) is 0 Å². The molecule has 2 aromatic carbocycles. The van der Waals surface area contributed by atoms with Crippen molar-refractivity contribution in [1.82, 2.24) is 0 Å². The van der Waals surface area contributed by atoms with Gasteiger partial charge in [0.15, 0.2) is 11.6 Å². The molecule has 0 spiro atoms. The number of hydrogen-bond donors (Lipinski definition) is 1. The molecule has 0 saturated carbocycles. The fourth-order valence-corrected chi connectivity index (χ4v) is 2.14. The van der Waals surface area contributed by atoms with Gasteiger partial charge in [-0.1, -0.05) is 6.07 Å². The first kappa shape index (κ1) is 15.9. The standard InChI is InChI=1S/C15H13BrF3NO/c1-8(20)9-2-5-14(13(18)6-9)21-7-10-12(17)4-3-11(16)15(10)19/h2-6,8H,7,20H2,1H3. The van der Waals surface area contributed by atoms with Gasteiger partial charge in [-0.25, -0.2) is 13.2 Å².